The fraction of sp³-hybridized carbons (Fsp3) is 0.618. The standard InChI is InChI=1S/C34H48ClN3O8S/c1-20-9-8-10-25(42-6)23-18-26(44-33(41)36-23)21(2)32-34(3,46-32)28(45-30(40)11-12-37(4)13-14-47)19-29(39)38(5)24-16-22(15-20)17-27(43-7)31(24)35/h8-10,16-17,21,23,25-26,28,32,47H,11-15,18-19H2,1-7H3,(H,36,41). The summed E-state index contributed by atoms with van der Waals surface area (Å²) in [5.41, 5.74) is 1.41. The summed E-state index contributed by atoms with van der Waals surface area (Å²) in [5.74, 6) is 0.0723. The lowest BCUT2D eigenvalue weighted by Gasteiger charge is -2.36. The molecule has 3 aliphatic rings. The summed E-state index contributed by atoms with van der Waals surface area (Å²) in [6, 6.07) is 3.38. The fourth-order valence-electron chi connectivity index (χ4n) is 6.34. The van der Waals surface area contributed by atoms with Crippen molar-refractivity contribution in [3.63, 3.8) is 0 Å². The van der Waals surface area contributed by atoms with Crippen LogP contribution in [0.5, 0.6) is 5.75 Å². The number of halogens is 1. The summed E-state index contributed by atoms with van der Waals surface area (Å²) >= 11 is 11.0. The predicted molar refractivity (Wildman–Crippen MR) is 184 cm³/mol. The Morgan fingerprint density at radius 2 is 2.00 bits per heavy atom. The molecule has 0 aliphatic carbocycles. The van der Waals surface area contributed by atoms with Crippen LogP contribution in [0.4, 0.5) is 10.5 Å². The van der Waals surface area contributed by atoms with Gasteiger partial charge in [-0.15, -0.1) is 0 Å². The highest BCUT2D eigenvalue weighted by atomic mass is 35.5. The van der Waals surface area contributed by atoms with E-state index >= 15 is 0 Å². The van der Waals surface area contributed by atoms with Gasteiger partial charge in [-0.1, -0.05) is 42.3 Å². The lowest BCUT2D eigenvalue weighted by Crippen LogP contribution is -2.53. The number of nitrogens with one attached hydrogen (secondary N) is 1. The van der Waals surface area contributed by atoms with E-state index in [1.807, 2.05) is 63.1 Å². The molecule has 1 N–H and O–H groups in total. The van der Waals surface area contributed by atoms with Crippen molar-refractivity contribution in [1.29, 1.82) is 0 Å². The van der Waals surface area contributed by atoms with Crippen LogP contribution >= 0.6 is 24.2 Å². The Kier molecular flexibility index (Phi) is 12.7. The van der Waals surface area contributed by atoms with Crippen molar-refractivity contribution in [2.24, 2.45) is 5.92 Å². The summed E-state index contributed by atoms with van der Waals surface area (Å²) in [5, 5.41) is 3.19. The highest BCUT2D eigenvalue weighted by Gasteiger charge is 2.63. The molecule has 4 rings (SSSR count). The van der Waals surface area contributed by atoms with Crippen molar-refractivity contribution < 1.29 is 38.1 Å². The maximum absolute atomic E-state index is 13.9. The zero-order valence-electron chi connectivity index (χ0n) is 28.3. The zero-order chi connectivity index (χ0) is 34.5. The van der Waals surface area contributed by atoms with Gasteiger partial charge < -0.3 is 38.8 Å². The van der Waals surface area contributed by atoms with Crippen LogP contribution in [0.1, 0.15) is 45.6 Å². The molecule has 0 aromatic heterocycles. The van der Waals surface area contributed by atoms with Crippen LogP contribution in [-0.2, 0) is 35.0 Å². The van der Waals surface area contributed by atoms with Crippen molar-refractivity contribution in [2.75, 3.05) is 52.1 Å². The van der Waals surface area contributed by atoms with Gasteiger partial charge in [-0.2, -0.15) is 12.6 Å². The van der Waals surface area contributed by atoms with Crippen LogP contribution in [0.3, 0.4) is 0 Å². The molecule has 4 bridgehead atoms. The number of carbonyl (C=O) groups excluding carboxylic acids is 3. The molecule has 47 heavy (non-hydrogen) atoms. The lowest BCUT2D eigenvalue weighted by molar-refractivity contribution is -0.154. The third-order valence-corrected chi connectivity index (χ3v) is 9.90. The highest BCUT2D eigenvalue weighted by Crippen LogP contribution is 2.48. The Balaban J connectivity index is 1.71. The normalized spacial score (nSPS) is 29.8. The average molecular weight is 694 g/mol. The number of amides is 2. The molecule has 13 heteroatoms. The molecule has 2 fully saturated rings. The summed E-state index contributed by atoms with van der Waals surface area (Å²) in [4.78, 5) is 43.3. The zero-order valence-corrected chi connectivity index (χ0v) is 29.9. The van der Waals surface area contributed by atoms with E-state index in [2.05, 4.69) is 17.9 Å². The number of hydrogen-bond donors (Lipinski definition) is 2. The van der Waals surface area contributed by atoms with Gasteiger partial charge in [-0.3, -0.25) is 9.59 Å². The number of benzene rings is 1. The second-order valence-electron chi connectivity index (χ2n) is 12.8. The Bertz CT molecular complexity index is 1370. The van der Waals surface area contributed by atoms with Gasteiger partial charge in [0.15, 0.2) is 0 Å². The molecule has 0 spiro atoms. The van der Waals surface area contributed by atoms with Crippen molar-refractivity contribution in [3.8, 4) is 5.75 Å². The molecule has 1 aromatic carbocycles. The number of thiol groups is 1. The largest absolute Gasteiger partial charge is 0.495 e. The number of esters is 1. The van der Waals surface area contributed by atoms with E-state index in [1.54, 1.807) is 14.2 Å². The third kappa shape index (κ3) is 9.03. The molecule has 1 aromatic rings. The Morgan fingerprint density at radius 1 is 1.26 bits per heavy atom. The maximum atomic E-state index is 13.9. The highest BCUT2D eigenvalue weighted by molar-refractivity contribution is 7.80. The number of alkyl carbamates (subject to hydrolysis) is 1. The molecule has 3 aliphatic heterocycles. The fourth-order valence-corrected chi connectivity index (χ4v) is 6.99. The second-order valence-corrected chi connectivity index (χ2v) is 13.7. The smallest absolute Gasteiger partial charge is 0.407 e. The van der Waals surface area contributed by atoms with E-state index < -0.39 is 42.1 Å². The SMILES string of the molecule is COc1cc2cc(c1Cl)N(C)C(=O)CC(OC(=O)CCN(C)CCS)C1(C)OC1C(C)C1CC(NC(=O)O1)C(OC)C=CC=C(C)C2. The van der Waals surface area contributed by atoms with E-state index in [9.17, 15) is 14.4 Å². The number of fused-ring (bicyclic) bond motifs is 5. The van der Waals surface area contributed by atoms with E-state index in [0.717, 1.165) is 17.7 Å². The first-order valence-electron chi connectivity index (χ1n) is 15.9. The van der Waals surface area contributed by atoms with Gasteiger partial charge in [0, 0.05) is 45.3 Å². The number of allylic oxidation sites excluding steroid dienone is 3. The van der Waals surface area contributed by atoms with Gasteiger partial charge in [0.25, 0.3) is 0 Å². The lowest BCUT2D eigenvalue weighted by atomic mass is 9.85. The summed E-state index contributed by atoms with van der Waals surface area (Å²) < 4.78 is 29.4. The number of carbonyl (C=O) groups is 3. The predicted octanol–water partition coefficient (Wildman–Crippen LogP) is 4.60. The second kappa shape index (κ2) is 16.1. The van der Waals surface area contributed by atoms with Crippen LogP contribution in [-0.4, -0.2) is 106 Å². The van der Waals surface area contributed by atoms with Gasteiger partial charge >= 0.3 is 12.1 Å². The molecule has 7 unspecified atom stereocenters. The maximum Gasteiger partial charge on any atom is 0.407 e. The first kappa shape index (κ1) is 37.1. The monoisotopic (exact) mass is 693 g/mol. The summed E-state index contributed by atoms with van der Waals surface area (Å²) in [7, 11) is 6.68. The number of ether oxygens (including phenoxy) is 5. The Hall–Kier alpha value is -2.77. The number of rotatable bonds is 8. The molecule has 7 atom stereocenters. The van der Waals surface area contributed by atoms with E-state index in [1.165, 1.54) is 12.0 Å². The van der Waals surface area contributed by atoms with Gasteiger partial charge in [0.2, 0.25) is 5.91 Å². The Morgan fingerprint density at radius 3 is 2.68 bits per heavy atom. The molecule has 0 saturated carbocycles. The quantitative estimate of drug-likeness (QED) is 0.229. The molecule has 11 nitrogen and oxygen atoms in total. The van der Waals surface area contributed by atoms with Crippen molar-refractivity contribution in [2.45, 2.75) is 82.5 Å². The van der Waals surface area contributed by atoms with E-state index in [4.69, 9.17) is 35.3 Å². The van der Waals surface area contributed by atoms with Crippen molar-refractivity contribution in [3.05, 3.63) is 46.5 Å². The van der Waals surface area contributed by atoms with Crippen molar-refractivity contribution in [1.82, 2.24) is 10.2 Å². The van der Waals surface area contributed by atoms with Gasteiger partial charge in [0.1, 0.15) is 28.6 Å². The van der Waals surface area contributed by atoms with Gasteiger partial charge in [-0.25, -0.2) is 4.79 Å². The Labute approximate surface area is 288 Å². The molecule has 2 amide bonds. The molecular weight excluding hydrogens is 646 g/mol. The first-order chi connectivity index (χ1) is 22.3. The average Bonchev–Trinajstić information content (AvgIpc) is 3.73. The van der Waals surface area contributed by atoms with Crippen LogP contribution in [0.2, 0.25) is 5.02 Å². The molecular formula is C34H48ClN3O8S. The molecule has 0 radical (unpaired) electrons. The van der Waals surface area contributed by atoms with Crippen molar-refractivity contribution >= 4 is 47.9 Å². The number of anilines is 1. The summed E-state index contributed by atoms with van der Waals surface area (Å²) in [6.07, 6.45) is 4.04. The topological polar surface area (TPSA) is 119 Å². The van der Waals surface area contributed by atoms with E-state index in [0.29, 0.717) is 41.6 Å². The number of methoxy groups -OCH3 is 2. The number of hydrogen-bond acceptors (Lipinski definition) is 10. The minimum atomic E-state index is -0.997. The minimum absolute atomic E-state index is 0.137. The van der Waals surface area contributed by atoms with Crippen LogP contribution in [0.25, 0.3) is 0 Å². The minimum Gasteiger partial charge on any atom is -0.495 e. The number of epoxide rings is 1. The van der Waals surface area contributed by atoms with Gasteiger partial charge in [0.05, 0.1) is 43.9 Å². The van der Waals surface area contributed by atoms with Gasteiger partial charge in [-0.05, 0) is 45.0 Å². The molecule has 260 valence electrons. The van der Waals surface area contributed by atoms with Crippen LogP contribution in [0, 0.1) is 5.92 Å². The van der Waals surface area contributed by atoms with Crippen LogP contribution in [0.15, 0.2) is 35.9 Å². The molecule has 3 heterocycles. The van der Waals surface area contributed by atoms with Crippen LogP contribution < -0.4 is 15.0 Å². The summed E-state index contributed by atoms with van der Waals surface area (Å²) in [6.45, 7) is 6.98. The molecule has 2 saturated heterocycles. The first-order valence-corrected chi connectivity index (χ1v) is 17.0. The van der Waals surface area contributed by atoms with E-state index in [-0.39, 0.29) is 30.7 Å². The number of nitrogens with zero attached hydrogens (tertiary/aromatic N) is 2. The third-order valence-electron chi connectivity index (χ3n) is 9.32.